The summed E-state index contributed by atoms with van der Waals surface area (Å²) in [5.41, 5.74) is 0. The minimum Gasteiger partial charge on any atom is -0.480 e. The molecule has 14 heavy (non-hydrogen) atoms. The third kappa shape index (κ3) is 2.90. The quantitative estimate of drug-likeness (QED) is 0.728. The Bertz CT molecular complexity index is 226. The lowest BCUT2D eigenvalue weighted by Gasteiger charge is -2.15. The smallest absolute Gasteiger partial charge is 0.326 e. The highest BCUT2D eigenvalue weighted by Crippen LogP contribution is 2.23. The number of carboxylic acids is 1. The van der Waals surface area contributed by atoms with Crippen molar-refractivity contribution in [3.8, 4) is 0 Å². The fraction of sp³-hybridized carbons (Fsp3) is 0.778. The van der Waals surface area contributed by atoms with E-state index in [1.165, 1.54) is 0 Å². The third-order valence-corrected chi connectivity index (χ3v) is 3.49. The van der Waals surface area contributed by atoms with E-state index in [1.54, 1.807) is 18.7 Å². The molecule has 0 aromatic rings. The number of carbonyl (C=O) groups excluding carboxylic acids is 1. The number of carbonyl (C=O) groups is 2. The molecule has 0 radical (unpaired) electrons. The lowest BCUT2D eigenvalue weighted by Crippen LogP contribution is -2.43. The number of amides is 1. The Morgan fingerprint density at radius 3 is 2.79 bits per heavy atom. The average Bonchev–Trinajstić information content (AvgIpc) is 2.65. The Morgan fingerprint density at radius 2 is 2.36 bits per heavy atom. The van der Waals surface area contributed by atoms with E-state index in [0.29, 0.717) is 6.42 Å². The molecule has 1 saturated heterocycles. The van der Waals surface area contributed by atoms with Crippen LogP contribution in [0.1, 0.15) is 19.8 Å². The van der Waals surface area contributed by atoms with Crippen LogP contribution in [-0.4, -0.2) is 34.5 Å². The predicted octanol–water partition coefficient (Wildman–Crippen LogP) is 0.719. The van der Waals surface area contributed by atoms with Crippen molar-refractivity contribution in [1.82, 2.24) is 5.32 Å². The summed E-state index contributed by atoms with van der Waals surface area (Å²) in [6, 6.07) is -0.729. The van der Waals surface area contributed by atoms with E-state index < -0.39 is 12.0 Å². The van der Waals surface area contributed by atoms with E-state index in [9.17, 15) is 9.59 Å². The van der Waals surface area contributed by atoms with Crippen molar-refractivity contribution in [3.05, 3.63) is 0 Å². The van der Waals surface area contributed by atoms with Crippen LogP contribution in [0.5, 0.6) is 0 Å². The van der Waals surface area contributed by atoms with Crippen LogP contribution in [0.2, 0.25) is 0 Å². The van der Waals surface area contributed by atoms with Crippen molar-refractivity contribution in [3.63, 3.8) is 0 Å². The molecule has 1 amide bonds. The summed E-state index contributed by atoms with van der Waals surface area (Å²) in [4.78, 5) is 22.2. The molecule has 0 saturated carbocycles. The van der Waals surface area contributed by atoms with Crippen LogP contribution >= 0.6 is 11.8 Å². The van der Waals surface area contributed by atoms with Gasteiger partial charge in [-0.3, -0.25) is 4.79 Å². The zero-order chi connectivity index (χ0) is 10.6. The Balaban J connectivity index is 2.41. The molecule has 2 atom stereocenters. The van der Waals surface area contributed by atoms with Gasteiger partial charge >= 0.3 is 5.97 Å². The van der Waals surface area contributed by atoms with Gasteiger partial charge in [0, 0.05) is 11.7 Å². The first-order chi connectivity index (χ1) is 6.65. The van der Waals surface area contributed by atoms with E-state index in [2.05, 4.69) is 5.32 Å². The summed E-state index contributed by atoms with van der Waals surface area (Å²) in [7, 11) is 0. The second-order valence-electron chi connectivity index (χ2n) is 3.37. The Labute approximate surface area is 87.4 Å². The maximum atomic E-state index is 11.5. The van der Waals surface area contributed by atoms with Crippen LogP contribution in [0, 0.1) is 5.92 Å². The van der Waals surface area contributed by atoms with Crippen molar-refractivity contribution in [2.24, 2.45) is 5.92 Å². The summed E-state index contributed by atoms with van der Waals surface area (Å²) in [5, 5.41) is 11.3. The van der Waals surface area contributed by atoms with Gasteiger partial charge in [0.25, 0.3) is 0 Å². The molecule has 0 aliphatic carbocycles. The fourth-order valence-electron chi connectivity index (χ4n) is 1.37. The number of hydrogen-bond acceptors (Lipinski definition) is 3. The topological polar surface area (TPSA) is 66.4 Å². The predicted molar refractivity (Wildman–Crippen MR) is 55.3 cm³/mol. The molecule has 1 heterocycles. The van der Waals surface area contributed by atoms with E-state index in [4.69, 9.17) is 5.11 Å². The van der Waals surface area contributed by atoms with Crippen LogP contribution in [0.3, 0.4) is 0 Å². The SMILES string of the molecule is CCC(NC(=O)C1CCSC1)C(=O)O. The Morgan fingerprint density at radius 1 is 1.64 bits per heavy atom. The number of aliphatic carboxylic acids is 1. The lowest BCUT2D eigenvalue weighted by molar-refractivity contribution is -0.142. The molecule has 0 spiro atoms. The highest BCUT2D eigenvalue weighted by molar-refractivity contribution is 7.99. The van der Waals surface area contributed by atoms with Gasteiger partial charge in [0.2, 0.25) is 5.91 Å². The number of rotatable bonds is 4. The maximum absolute atomic E-state index is 11.5. The standard InChI is InChI=1S/C9H15NO3S/c1-2-7(9(12)13)10-8(11)6-3-4-14-5-6/h6-7H,2-5H2,1H3,(H,10,11)(H,12,13). The molecular formula is C9H15NO3S. The van der Waals surface area contributed by atoms with Gasteiger partial charge in [-0.2, -0.15) is 11.8 Å². The largest absolute Gasteiger partial charge is 0.480 e. The molecule has 1 rings (SSSR count). The summed E-state index contributed by atoms with van der Waals surface area (Å²) in [6.07, 6.45) is 1.30. The van der Waals surface area contributed by atoms with E-state index in [1.807, 2.05) is 0 Å². The summed E-state index contributed by atoms with van der Waals surface area (Å²) >= 11 is 1.75. The molecule has 0 aromatic carbocycles. The lowest BCUT2D eigenvalue weighted by atomic mass is 10.1. The molecule has 0 aromatic heterocycles. The van der Waals surface area contributed by atoms with Gasteiger partial charge in [-0.15, -0.1) is 0 Å². The van der Waals surface area contributed by atoms with Crippen LogP contribution in [0.4, 0.5) is 0 Å². The second-order valence-corrected chi connectivity index (χ2v) is 4.52. The fourth-order valence-corrected chi connectivity index (χ4v) is 2.59. The third-order valence-electron chi connectivity index (χ3n) is 2.32. The van der Waals surface area contributed by atoms with Crippen molar-refractivity contribution < 1.29 is 14.7 Å². The van der Waals surface area contributed by atoms with Crippen LogP contribution in [0.25, 0.3) is 0 Å². The van der Waals surface area contributed by atoms with Crippen LogP contribution in [0.15, 0.2) is 0 Å². The zero-order valence-corrected chi connectivity index (χ0v) is 8.97. The van der Waals surface area contributed by atoms with Crippen molar-refractivity contribution in [1.29, 1.82) is 0 Å². The van der Waals surface area contributed by atoms with Gasteiger partial charge in [-0.1, -0.05) is 6.92 Å². The molecular weight excluding hydrogens is 202 g/mol. The molecule has 1 aliphatic rings. The number of hydrogen-bond donors (Lipinski definition) is 2. The van der Waals surface area contributed by atoms with E-state index >= 15 is 0 Å². The minimum absolute atomic E-state index is 0.00778. The molecule has 0 bridgehead atoms. The van der Waals surface area contributed by atoms with Crippen molar-refractivity contribution in [2.75, 3.05) is 11.5 Å². The highest BCUT2D eigenvalue weighted by Gasteiger charge is 2.26. The van der Waals surface area contributed by atoms with Crippen molar-refractivity contribution >= 4 is 23.6 Å². The molecule has 5 heteroatoms. The number of nitrogens with one attached hydrogen (secondary N) is 1. The number of carboxylic acid groups (broad SMARTS) is 1. The maximum Gasteiger partial charge on any atom is 0.326 e. The van der Waals surface area contributed by atoms with Gasteiger partial charge in [-0.25, -0.2) is 4.79 Å². The average molecular weight is 217 g/mol. The van der Waals surface area contributed by atoms with Crippen LogP contribution < -0.4 is 5.32 Å². The molecule has 2 unspecified atom stereocenters. The second kappa shape index (κ2) is 5.24. The van der Waals surface area contributed by atoms with E-state index in [-0.39, 0.29) is 11.8 Å². The molecule has 1 aliphatic heterocycles. The normalized spacial score (nSPS) is 23.1. The molecule has 4 nitrogen and oxygen atoms in total. The Kier molecular flexibility index (Phi) is 4.25. The molecule has 2 N–H and O–H groups in total. The van der Waals surface area contributed by atoms with Gasteiger partial charge in [-0.05, 0) is 18.6 Å². The number of thioether (sulfide) groups is 1. The Hall–Kier alpha value is -0.710. The van der Waals surface area contributed by atoms with Gasteiger partial charge in [0.1, 0.15) is 6.04 Å². The zero-order valence-electron chi connectivity index (χ0n) is 8.16. The highest BCUT2D eigenvalue weighted by atomic mass is 32.2. The summed E-state index contributed by atoms with van der Waals surface area (Å²) in [5.74, 6) is 0.772. The molecule has 80 valence electrons. The van der Waals surface area contributed by atoms with Gasteiger partial charge in [0.05, 0.1) is 0 Å². The first-order valence-electron chi connectivity index (χ1n) is 4.76. The monoisotopic (exact) mass is 217 g/mol. The first-order valence-corrected chi connectivity index (χ1v) is 5.91. The van der Waals surface area contributed by atoms with Gasteiger partial charge < -0.3 is 10.4 Å². The van der Waals surface area contributed by atoms with Crippen molar-refractivity contribution in [2.45, 2.75) is 25.8 Å². The first kappa shape index (κ1) is 11.4. The summed E-state index contributed by atoms with van der Waals surface area (Å²) < 4.78 is 0. The summed E-state index contributed by atoms with van der Waals surface area (Å²) in [6.45, 7) is 1.75. The van der Waals surface area contributed by atoms with E-state index in [0.717, 1.165) is 17.9 Å². The molecule has 1 fully saturated rings. The van der Waals surface area contributed by atoms with Crippen LogP contribution in [-0.2, 0) is 9.59 Å². The minimum atomic E-state index is -0.952. The van der Waals surface area contributed by atoms with Gasteiger partial charge in [0.15, 0.2) is 0 Å².